The average Bonchev–Trinajstić information content (AvgIpc) is 2.43. The van der Waals surface area contributed by atoms with Gasteiger partial charge < -0.3 is 5.32 Å². The SMILES string of the molecule is CCNC(Cc1c(Cl)cccc1Cl)c1ccccc1C. The summed E-state index contributed by atoms with van der Waals surface area (Å²) in [7, 11) is 0. The standard InChI is InChI=1S/C17H19Cl2N/c1-3-20-17(13-8-5-4-7-12(13)2)11-14-15(18)9-6-10-16(14)19/h4-10,17,20H,3,11H2,1-2H3. The van der Waals surface area contributed by atoms with Crippen molar-refractivity contribution in [3.63, 3.8) is 0 Å². The summed E-state index contributed by atoms with van der Waals surface area (Å²) < 4.78 is 0. The minimum atomic E-state index is 0.221. The molecule has 0 aliphatic heterocycles. The molecule has 0 fully saturated rings. The molecule has 0 heterocycles. The largest absolute Gasteiger partial charge is 0.310 e. The van der Waals surface area contributed by atoms with Crippen LogP contribution in [0.25, 0.3) is 0 Å². The van der Waals surface area contributed by atoms with Crippen molar-refractivity contribution in [1.82, 2.24) is 5.32 Å². The van der Waals surface area contributed by atoms with E-state index >= 15 is 0 Å². The first-order chi connectivity index (χ1) is 9.63. The van der Waals surface area contributed by atoms with Gasteiger partial charge in [0.15, 0.2) is 0 Å². The molecule has 0 saturated heterocycles. The number of likely N-dealkylation sites (N-methyl/N-ethyl adjacent to an activating group) is 1. The first-order valence-electron chi connectivity index (χ1n) is 6.85. The fourth-order valence-electron chi connectivity index (χ4n) is 2.45. The number of halogens is 2. The van der Waals surface area contributed by atoms with Gasteiger partial charge in [-0.25, -0.2) is 0 Å². The molecule has 3 heteroatoms. The third-order valence-corrected chi connectivity index (χ3v) is 4.19. The lowest BCUT2D eigenvalue weighted by molar-refractivity contribution is 0.547. The van der Waals surface area contributed by atoms with Gasteiger partial charge in [-0.1, -0.05) is 60.5 Å². The fourth-order valence-corrected chi connectivity index (χ4v) is 3.00. The van der Waals surface area contributed by atoms with Crippen molar-refractivity contribution in [2.45, 2.75) is 26.3 Å². The van der Waals surface area contributed by atoms with Gasteiger partial charge in [-0.2, -0.15) is 0 Å². The minimum Gasteiger partial charge on any atom is -0.310 e. The zero-order chi connectivity index (χ0) is 14.5. The second kappa shape index (κ2) is 7.12. The zero-order valence-electron chi connectivity index (χ0n) is 11.8. The molecule has 106 valence electrons. The van der Waals surface area contributed by atoms with Gasteiger partial charge in [-0.3, -0.25) is 0 Å². The summed E-state index contributed by atoms with van der Waals surface area (Å²) in [4.78, 5) is 0. The molecule has 0 aliphatic rings. The molecule has 1 unspecified atom stereocenters. The average molecular weight is 308 g/mol. The van der Waals surface area contributed by atoms with Crippen LogP contribution in [-0.2, 0) is 6.42 Å². The highest BCUT2D eigenvalue weighted by Gasteiger charge is 2.16. The second-order valence-electron chi connectivity index (χ2n) is 4.87. The van der Waals surface area contributed by atoms with Crippen LogP contribution < -0.4 is 5.32 Å². The summed E-state index contributed by atoms with van der Waals surface area (Å²) in [6.07, 6.45) is 0.789. The van der Waals surface area contributed by atoms with Crippen molar-refractivity contribution in [2.75, 3.05) is 6.54 Å². The maximum absolute atomic E-state index is 6.29. The highest BCUT2D eigenvalue weighted by molar-refractivity contribution is 6.36. The first kappa shape index (κ1) is 15.4. The van der Waals surface area contributed by atoms with Crippen LogP contribution in [0, 0.1) is 6.92 Å². The number of hydrogen-bond acceptors (Lipinski definition) is 1. The summed E-state index contributed by atoms with van der Waals surface area (Å²) >= 11 is 12.6. The van der Waals surface area contributed by atoms with Gasteiger partial charge in [0, 0.05) is 16.1 Å². The van der Waals surface area contributed by atoms with Crippen molar-refractivity contribution in [1.29, 1.82) is 0 Å². The van der Waals surface area contributed by atoms with Crippen LogP contribution in [0.2, 0.25) is 10.0 Å². The van der Waals surface area contributed by atoms with Gasteiger partial charge in [0.25, 0.3) is 0 Å². The van der Waals surface area contributed by atoms with E-state index in [-0.39, 0.29) is 6.04 Å². The van der Waals surface area contributed by atoms with Crippen LogP contribution >= 0.6 is 23.2 Å². The van der Waals surface area contributed by atoms with Gasteiger partial charge in [0.05, 0.1) is 0 Å². The maximum Gasteiger partial charge on any atom is 0.0453 e. The molecule has 0 aromatic heterocycles. The summed E-state index contributed by atoms with van der Waals surface area (Å²) in [5.41, 5.74) is 3.58. The molecule has 1 nitrogen and oxygen atoms in total. The van der Waals surface area contributed by atoms with Gasteiger partial charge in [0.1, 0.15) is 0 Å². The molecule has 0 bridgehead atoms. The predicted molar refractivity (Wildman–Crippen MR) is 87.8 cm³/mol. The lowest BCUT2D eigenvalue weighted by Gasteiger charge is -2.21. The Labute approximate surface area is 130 Å². The van der Waals surface area contributed by atoms with Crippen LogP contribution in [0.1, 0.15) is 29.7 Å². The van der Waals surface area contributed by atoms with Crippen molar-refractivity contribution in [3.8, 4) is 0 Å². The summed E-state index contributed by atoms with van der Waals surface area (Å²) in [6.45, 7) is 5.15. The molecule has 0 amide bonds. The van der Waals surface area contributed by atoms with E-state index in [2.05, 4.69) is 43.4 Å². The quantitative estimate of drug-likeness (QED) is 0.801. The molecule has 0 aliphatic carbocycles. The summed E-state index contributed by atoms with van der Waals surface area (Å²) in [5, 5.41) is 4.99. The number of hydrogen-bond donors (Lipinski definition) is 1. The van der Waals surface area contributed by atoms with Crippen molar-refractivity contribution in [3.05, 3.63) is 69.2 Å². The van der Waals surface area contributed by atoms with Crippen molar-refractivity contribution < 1.29 is 0 Å². The Hall–Kier alpha value is -1.02. The van der Waals surface area contributed by atoms with E-state index < -0.39 is 0 Å². The fraction of sp³-hybridized carbons (Fsp3) is 0.294. The second-order valence-corrected chi connectivity index (χ2v) is 5.69. The number of rotatable bonds is 5. The molecule has 1 N–H and O–H groups in total. The zero-order valence-corrected chi connectivity index (χ0v) is 13.3. The van der Waals surface area contributed by atoms with Crippen molar-refractivity contribution in [2.24, 2.45) is 0 Å². The smallest absolute Gasteiger partial charge is 0.0453 e. The number of benzene rings is 2. The highest BCUT2D eigenvalue weighted by atomic mass is 35.5. The van der Waals surface area contributed by atoms with Crippen LogP contribution in [0.4, 0.5) is 0 Å². The molecule has 0 spiro atoms. The van der Waals surface area contributed by atoms with E-state index in [1.54, 1.807) is 0 Å². The Kier molecular flexibility index (Phi) is 5.47. The monoisotopic (exact) mass is 307 g/mol. The third kappa shape index (κ3) is 3.54. The Morgan fingerprint density at radius 2 is 1.65 bits per heavy atom. The molecule has 1 atom stereocenters. The maximum atomic E-state index is 6.29. The lowest BCUT2D eigenvalue weighted by Crippen LogP contribution is -2.24. The number of nitrogens with one attached hydrogen (secondary N) is 1. The first-order valence-corrected chi connectivity index (χ1v) is 7.61. The predicted octanol–water partition coefficient (Wildman–Crippen LogP) is 5.20. The Morgan fingerprint density at radius 1 is 1.00 bits per heavy atom. The molecule has 0 radical (unpaired) electrons. The molecule has 0 saturated carbocycles. The number of aryl methyl sites for hydroxylation is 1. The van der Waals surface area contributed by atoms with E-state index in [0.717, 1.165) is 28.6 Å². The normalized spacial score (nSPS) is 12.4. The van der Waals surface area contributed by atoms with Crippen LogP contribution in [0.15, 0.2) is 42.5 Å². The summed E-state index contributed by atoms with van der Waals surface area (Å²) in [6, 6.07) is 14.3. The Morgan fingerprint density at radius 3 is 2.25 bits per heavy atom. The van der Waals surface area contributed by atoms with Gasteiger partial charge in [-0.05, 0) is 48.7 Å². The molecular weight excluding hydrogens is 289 g/mol. The van der Waals surface area contributed by atoms with Crippen molar-refractivity contribution >= 4 is 23.2 Å². The topological polar surface area (TPSA) is 12.0 Å². The van der Waals surface area contributed by atoms with E-state index in [1.807, 2.05) is 18.2 Å². The van der Waals surface area contributed by atoms with E-state index in [0.29, 0.717) is 0 Å². The van der Waals surface area contributed by atoms with Crippen LogP contribution in [0.3, 0.4) is 0 Å². The Balaban J connectivity index is 2.33. The van der Waals surface area contributed by atoms with Gasteiger partial charge >= 0.3 is 0 Å². The summed E-state index contributed by atoms with van der Waals surface area (Å²) in [5.74, 6) is 0. The Bertz CT molecular complexity index is 561. The highest BCUT2D eigenvalue weighted by Crippen LogP contribution is 2.30. The molecule has 2 aromatic rings. The molecular formula is C17H19Cl2N. The van der Waals surface area contributed by atoms with E-state index in [1.165, 1.54) is 11.1 Å². The van der Waals surface area contributed by atoms with E-state index in [9.17, 15) is 0 Å². The lowest BCUT2D eigenvalue weighted by atomic mass is 9.95. The van der Waals surface area contributed by atoms with Crippen LogP contribution in [-0.4, -0.2) is 6.54 Å². The molecule has 2 rings (SSSR count). The van der Waals surface area contributed by atoms with Gasteiger partial charge in [0.2, 0.25) is 0 Å². The minimum absolute atomic E-state index is 0.221. The van der Waals surface area contributed by atoms with Crippen LogP contribution in [0.5, 0.6) is 0 Å². The third-order valence-electron chi connectivity index (χ3n) is 3.48. The molecule has 20 heavy (non-hydrogen) atoms. The van der Waals surface area contributed by atoms with Gasteiger partial charge in [-0.15, -0.1) is 0 Å². The van der Waals surface area contributed by atoms with E-state index in [4.69, 9.17) is 23.2 Å². The molecule has 2 aromatic carbocycles.